The van der Waals surface area contributed by atoms with Gasteiger partial charge in [-0.15, -0.1) is 0 Å². The van der Waals surface area contributed by atoms with E-state index in [1.807, 2.05) is 0 Å². The van der Waals surface area contributed by atoms with Crippen molar-refractivity contribution in [1.82, 2.24) is 4.90 Å². The summed E-state index contributed by atoms with van der Waals surface area (Å²) in [6.45, 7) is 5.31. The van der Waals surface area contributed by atoms with Crippen LogP contribution in [0.25, 0.3) is 0 Å². The second-order valence-electron chi connectivity index (χ2n) is 5.08. The predicted octanol–water partition coefficient (Wildman–Crippen LogP) is 1.54. The number of hydrogen-bond donors (Lipinski definition) is 1. The molecule has 2 rings (SSSR count). The monoisotopic (exact) mass is 234 g/mol. The molecule has 0 bridgehead atoms. The highest BCUT2D eigenvalue weighted by Gasteiger charge is 2.37. The Hall–Kier alpha value is -0.900. The standard InChI is InChI=1S/C14H22N2O/c1-12-4-3-5-13(8-12)9-16(2)14(10-15)6-7-17-11-14/h3-5,8H,6-7,9-11,15H2,1-2H3. The molecular formula is C14H22N2O. The van der Waals surface area contributed by atoms with Crippen molar-refractivity contribution in [1.29, 1.82) is 0 Å². The van der Waals surface area contributed by atoms with Crippen molar-refractivity contribution in [3.8, 4) is 0 Å². The lowest BCUT2D eigenvalue weighted by atomic mass is 9.96. The van der Waals surface area contributed by atoms with E-state index >= 15 is 0 Å². The second kappa shape index (κ2) is 5.17. The zero-order chi connectivity index (χ0) is 12.3. The Morgan fingerprint density at radius 1 is 1.47 bits per heavy atom. The first-order valence-electron chi connectivity index (χ1n) is 6.21. The maximum atomic E-state index is 5.93. The summed E-state index contributed by atoms with van der Waals surface area (Å²) >= 11 is 0. The van der Waals surface area contributed by atoms with Crippen LogP contribution in [0.5, 0.6) is 0 Å². The van der Waals surface area contributed by atoms with Gasteiger partial charge in [0.25, 0.3) is 0 Å². The molecule has 2 N–H and O–H groups in total. The van der Waals surface area contributed by atoms with E-state index in [0.717, 1.165) is 26.2 Å². The summed E-state index contributed by atoms with van der Waals surface area (Å²) in [5.41, 5.74) is 8.61. The summed E-state index contributed by atoms with van der Waals surface area (Å²) in [6, 6.07) is 8.64. The van der Waals surface area contributed by atoms with Gasteiger partial charge < -0.3 is 10.5 Å². The molecule has 94 valence electrons. The number of likely N-dealkylation sites (N-methyl/N-ethyl adjacent to an activating group) is 1. The van der Waals surface area contributed by atoms with E-state index in [1.165, 1.54) is 11.1 Å². The first kappa shape index (κ1) is 12.6. The predicted molar refractivity (Wildman–Crippen MR) is 69.9 cm³/mol. The fourth-order valence-electron chi connectivity index (χ4n) is 2.47. The van der Waals surface area contributed by atoms with Crippen molar-refractivity contribution in [2.45, 2.75) is 25.4 Å². The van der Waals surface area contributed by atoms with Crippen LogP contribution in [0.3, 0.4) is 0 Å². The van der Waals surface area contributed by atoms with Crippen LogP contribution in [0.4, 0.5) is 0 Å². The minimum atomic E-state index is 0.0315. The van der Waals surface area contributed by atoms with Crippen molar-refractivity contribution in [3.63, 3.8) is 0 Å². The number of hydrogen-bond acceptors (Lipinski definition) is 3. The van der Waals surface area contributed by atoms with Gasteiger partial charge in [-0.25, -0.2) is 0 Å². The molecule has 0 radical (unpaired) electrons. The first-order chi connectivity index (χ1) is 8.16. The maximum absolute atomic E-state index is 5.93. The summed E-state index contributed by atoms with van der Waals surface area (Å²) in [5, 5.41) is 0. The molecule has 1 fully saturated rings. The molecule has 1 atom stereocenters. The highest BCUT2D eigenvalue weighted by molar-refractivity contribution is 5.22. The molecule has 0 amide bonds. The molecule has 1 aromatic carbocycles. The molecule has 0 saturated carbocycles. The van der Waals surface area contributed by atoms with E-state index in [-0.39, 0.29) is 5.54 Å². The van der Waals surface area contributed by atoms with Crippen molar-refractivity contribution in [2.24, 2.45) is 5.73 Å². The maximum Gasteiger partial charge on any atom is 0.0663 e. The molecule has 3 nitrogen and oxygen atoms in total. The van der Waals surface area contributed by atoms with E-state index in [4.69, 9.17) is 10.5 Å². The SMILES string of the molecule is Cc1cccc(CN(C)C2(CN)CCOC2)c1. The van der Waals surface area contributed by atoms with Gasteiger partial charge in [0.05, 0.1) is 12.1 Å². The molecule has 1 aromatic rings. The number of aryl methyl sites for hydroxylation is 1. The van der Waals surface area contributed by atoms with Crippen LogP contribution in [0.15, 0.2) is 24.3 Å². The third-order valence-corrected chi connectivity index (χ3v) is 3.77. The van der Waals surface area contributed by atoms with Crippen LogP contribution in [0, 0.1) is 6.92 Å². The largest absolute Gasteiger partial charge is 0.379 e. The van der Waals surface area contributed by atoms with Gasteiger partial charge >= 0.3 is 0 Å². The highest BCUT2D eigenvalue weighted by atomic mass is 16.5. The number of rotatable bonds is 4. The summed E-state index contributed by atoms with van der Waals surface area (Å²) in [5.74, 6) is 0. The molecule has 0 spiro atoms. The van der Waals surface area contributed by atoms with Crippen LogP contribution in [-0.2, 0) is 11.3 Å². The topological polar surface area (TPSA) is 38.5 Å². The molecule has 1 aliphatic heterocycles. The Bertz CT molecular complexity index is 372. The molecule has 1 unspecified atom stereocenters. The lowest BCUT2D eigenvalue weighted by Crippen LogP contribution is -2.52. The van der Waals surface area contributed by atoms with Crippen molar-refractivity contribution >= 4 is 0 Å². The average Bonchev–Trinajstić information content (AvgIpc) is 2.78. The lowest BCUT2D eigenvalue weighted by Gasteiger charge is -2.36. The van der Waals surface area contributed by atoms with Gasteiger partial charge in [-0.3, -0.25) is 4.90 Å². The third kappa shape index (κ3) is 2.68. The van der Waals surface area contributed by atoms with Gasteiger partial charge in [-0.1, -0.05) is 29.8 Å². The molecule has 0 aromatic heterocycles. The lowest BCUT2D eigenvalue weighted by molar-refractivity contribution is 0.0882. The molecule has 0 aliphatic carbocycles. The normalized spacial score (nSPS) is 24.5. The zero-order valence-electron chi connectivity index (χ0n) is 10.8. The second-order valence-corrected chi connectivity index (χ2v) is 5.08. The summed E-state index contributed by atoms with van der Waals surface area (Å²) in [7, 11) is 2.14. The molecule has 1 saturated heterocycles. The minimum Gasteiger partial charge on any atom is -0.379 e. The quantitative estimate of drug-likeness (QED) is 0.859. The van der Waals surface area contributed by atoms with Gasteiger partial charge in [0, 0.05) is 19.7 Å². The van der Waals surface area contributed by atoms with E-state index in [1.54, 1.807) is 0 Å². The molecule has 1 heterocycles. The summed E-state index contributed by atoms with van der Waals surface area (Å²) in [6.07, 6.45) is 1.03. The number of nitrogens with zero attached hydrogens (tertiary/aromatic N) is 1. The Labute approximate surface area is 104 Å². The molecule has 17 heavy (non-hydrogen) atoms. The van der Waals surface area contributed by atoms with Crippen LogP contribution in [0.2, 0.25) is 0 Å². The number of nitrogens with two attached hydrogens (primary N) is 1. The summed E-state index contributed by atoms with van der Waals surface area (Å²) < 4.78 is 5.51. The fourth-order valence-corrected chi connectivity index (χ4v) is 2.47. The molecule has 1 aliphatic rings. The van der Waals surface area contributed by atoms with E-state index < -0.39 is 0 Å². The fraction of sp³-hybridized carbons (Fsp3) is 0.571. The van der Waals surface area contributed by atoms with Gasteiger partial charge in [-0.2, -0.15) is 0 Å². The zero-order valence-corrected chi connectivity index (χ0v) is 10.8. The Kier molecular flexibility index (Phi) is 3.82. The van der Waals surface area contributed by atoms with E-state index in [2.05, 4.69) is 43.1 Å². The number of benzene rings is 1. The van der Waals surface area contributed by atoms with Gasteiger partial charge in [0.15, 0.2) is 0 Å². The smallest absolute Gasteiger partial charge is 0.0663 e. The molecule has 3 heteroatoms. The first-order valence-corrected chi connectivity index (χ1v) is 6.21. The van der Waals surface area contributed by atoms with Crippen molar-refractivity contribution in [2.75, 3.05) is 26.8 Å². The Morgan fingerprint density at radius 2 is 2.29 bits per heavy atom. The van der Waals surface area contributed by atoms with Crippen LogP contribution in [-0.4, -0.2) is 37.2 Å². The Balaban J connectivity index is 2.07. The summed E-state index contributed by atoms with van der Waals surface area (Å²) in [4.78, 5) is 2.34. The van der Waals surface area contributed by atoms with Crippen LogP contribution in [0.1, 0.15) is 17.5 Å². The van der Waals surface area contributed by atoms with E-state index in [0.29, 0.717) is 6.54 Å². The minimum absolute atomic E-state index is 0.0315. The van der Waals surface area contributed by atoms with Crippen molar-refractivity contribution in [3.05, 3.63) is 35.4 Å². The van der Waals surface area contributed by atoms with Crippen molar-refractivity contribution < 1.29 is 4.74 Å². The highest BCUT2D eigenvalue weighted by Crippen LogP contribution is 2.25. The van der Waals surface area contributed by atoms with Gasteiger partial charge in [0.1, 0.15) is 0 Å². The Morgan fingerprint density at radius 3 is 2.88 bits per heavy atom. The van der Waals surface area contributed by atoms with Gasteiger partial charge in [-0.05, 0) is 26.0 Å². The van der Waals surface area contributed by atoms with Gasteiger partial charge in [0.2, 0.25) is 0 Å². The van der Waals surface area contributed by atoms with Crippen LogP contribution >= 0.6 is 0 Å². The number of ether oxygens (including phenoxy) is 1. The third-order valence-electron chi connectivity index (χ3n) is 3.77. The van der Waals surface area contributed by atoms with Crippen LogP contribution < -0.4 is 5.73 Å². The average molecular weight is 234 g/mol. The molecular weight excluding hydrogens is 212 g/mol. The van der Waals surface area contributed by atoms with E-state index in [9.17, 15) is 0 Å².